The van der Waals surface area contributed by atoms with Crippen molar-refractivity contribution in [3.63, 3.8) is 0 Å². The van der Waals surface area contributed by atoms with Crippen molar-refractivity contribution in [3.8, 4) is 0 Å². The van der Waals surface area contributed by atoms with Gasteiger partial charge < -0.3 is 5.32 Å². The molecular formula is C14H19ClFN. The van der Waals surface area contributed by atoms with Gasteiger partial charge in [0.1, 0.15) is 5.82 Å². The van der Waals surface area contributed by atoms with Gasteiger partial charge in [-0.15, -0.1) is 0 Å². The Balaban J connectivity index is 2.09. The summed E-state index contributed by atoms with van der Waals surface area (Å²) in [6.45, 7) is 2.27. The number of rotatable bonds is 5. The lowest BCUT2D eigenvalue weighted by atomic mass is 9.91. The quantitative estimate of drug-likeness (QED) is 0.847. The molecule has 1 N–H and O–H groups in total. The van der Waals surface area contributed by atoms with Crippen LogP contribution in [0.1, 0.15) is 25.3 Å². The van der Waals surface area contributed by atoms with Crippen LogP contribution in [0.3, 0.4) is 0 Å². The Bertz CT molecular complexity index is 390. The Morgan fingerprint density at radius 1 is 1.47 bits per heavy atom. The lowest BCUT2D eigenvalue weighted by Gasteiger charge is -2.24. The fourth-order valence-corrected chi connectivity index (χ4v) is 2.65. The van der Waals surface area contributed by atoms with Crippen molar-refractivity contribution in [1.29, 1.82) is 0 Å². The summed E-state index contributed by atoms with van der Waals surface area (Å²) in [5.74, 6) is 1.14. The van der Waals surface area contributed by atoms with Gasteiger partial charge in [0.2, 0.25) is 0 Å². The van der Waals surface area contributed by atoms with Gasteiger partial charge in [-0.05, 0) is 49.8 Å². The maximum absolute atomic E-state index is 13.4. The van der Waals surface area contributed by atoms with Crippen molar-refractivity contribution in [2.45, 2.75) is 32.2 Å². The van der Waals surface area contributed by atoms with Gasteiger partial charge in [-0.1, -0.05) is 30.7 Å². The summed E-state index contributed by atoms with van der Waals surface area (Å²) in [7, 11) is 1.97. The molecule has 1 aliphatic carbocycles. The molecule has 17 heavy (non-hydrogen) atoms. The van der Waals surface area contributed by atoms with Crippen LogP contribution >= 0.6 is 11.6 Å². The minimum atomic E-state index is -0.321. The van der Waals surface area contributed by atoms with Crippen molar-refractivity contribution in [1.82, 2.24) is 5.32 Å². The molecule has 1 fully saturated rings. The van der Waals surface area contributed by atoms with Gasteiger partial charge in [0, 0.05) is 6.04 Å². The topological polar surface area (TPSA) is 12.0 Å². The summed E-state index contributed by atoms with van der Waals surface area (Å²) < 4.78 is 13.4. The number of halogens is 2. The van der Waals surface area contributed by atoms with E-state index in [4.69, 9.17) is 11.6 Å². The molecule has 0 radical (unpaired) electrons. The first-order chi connectivity index (χ1) is 8.13. The van der Waals surface area contributed by atoms with Crippen LogP contribution in [-0.2, 0) is 6.42 Å². The number of hydrogen-bond acceptors (Lipinski definition) is 1. The number of likely N-dealkylation sites (N-methyl/N-ethyl adjacent to an activating group) is 1. The summed E-state index contributed by atoms with van der Waals surface area (Å²) in [5.41, 5.74) is 0.901. The SMILES string of the molecule is CNC(Cc1cccc(F)c1Cl)C(C)C1CC1. The van der Waals surface area contributed by atoms with Gasteiger partial charge in [0.25, 0.3) is 0 Å². The molecule has 0 saturated heterocycles. The average molecular weight is 256 g/mol. The molecule has 1 nitrogen and oxygen atoms in total. The smallest absolute Gasteiger partial charge is 0.142 e. The Labute approximate surface area is 107 Å². The van der Waals surface area contributed by atoms with Crippen molar-refractivity contribution in [2.75, 3.05) is 7.05 Å². The lowest BCUT2D eigenvalue weighted by molar-refractivity contribution is 0.357. The van der Waals surface area contributed by atoms with Gasteiger partial charge in [-0.25, -0.2) is 4.39 Å². The highest BCUT2D eigenvalue weighted by Gasteiger charge is 2.32. The molecule has 2 unspecified atom stereocenters. The van der Waals surface area contributed by atoms with Gasteiger partial charge in [-0.2, -0.15) is 0 Å². The summed E-state index contributed by atoms with van der Waals surface area (Å²) in [5, 5.41) is 3.61. The summed E-state index contributed by atoms with van der Waals surface area (Å²) >= 11 is 5.99. The van der Waals surface area contributed by atoms with Crippen molar-refractivity contribution in [3.05, 3.63) is 34.6 Å². The van der Waals surface area contributed by atoms with Gasteiger partial charge >= 0.3 is 0 Å². The van der Waals surface area contributed by atoms with E-state index in [-0.39, 0.29) is 10.8 Å². The largest absolute Gasteiger partial charge is 0.316 e. The highest BCUT2D eigenvalue weighted by atomic mass is 35.5. The highest BCUT2D eigenvalue weighted by molar-refractivity contribution is 6.31. The maximum atomic E-state index is 13.4. The fraction of sp³-hybridized carbons (Fsp3) is 0.571. The van der Waals surface area contributed by atoms with Crippen LogP contribution in [0, 0.1) is 17.7 Å². The first-order valence-corrected chi connectivity index (χ1v) is 6.61. The van der Waals surface area contributed by atoms with E-state index in [1.165, 1.54) is 18.9 Å². The van der Waals surface area contributed by atoms with Crippen LogP contribution in [0.2, 0.25) is 5.02 Å². The Hall–Kier alpha value is -0.600. The number of hydrogen-bond donors (Lipinski definition) is 1. The second-order valence-corrected chi connectivity index (χ2v) is 5.39. The predicted octanol–water partition coefficient (Wildman–Crippen LogP) is 3.66. The molecule has 1 aliphatic rings. The third kappa shape index (κ3) is 2.99. The normalized spacial score (nSPS) is 19.1. The van der Waals surface area contributed by atoms with E-state index in [1.54, 1.807) is 6.07 Å². The Kier molecular flexibility index (Phi) is 4.05. The third-order valence-electron chi connectivity index (χ3n) is 3.84. The molecule has 2 atom stereocenters. The van der Waals surface area contributed by atoms with E-state index < -0.39 is 0 Å². The van der Waals surface area contributed by atoms with Crippen LogP contribution in [-0.4, -0.2) is 13.1 Å². The Morgan fingerprint density at radius 3 is 2.76 bits per heavy atom. The molecule has 2 rings (SSSR count). The monoisotopic (exact) mass is 255 g/mol. The van der Waals surface area contributed by atoms with E-state index in [0.29, 0.717) is 12.0 Å². The van der Waals surface area contributed by atoms with Crippen LogP contribution < -0.4 is 5.32 Å². The number of nitrogens with one attached hydrogen (secondary N) is 1. The third-order valence-corrected chi connectivity index (χ3v) is 4.27. The van der Waals surface area contributed by atoms with Crippen LogP contribution in [0.15, 0.2) is 18.2 Å². The zero-order valence-corrected chi connectivity index (χ0v) is 11.1. The van der Waals surface area contributed by atoms with E-state index in [1.807, 2.05) is 13.1 Å². The van der Waals surface area contributed by atoms with Gasteiger partial charge in [0.15, 0.2) is 0 Å². The van der Waals surface area contributed by atoms with Gasteiger partial charge in [0.05, 0.1) is 5.02 Å². The zero-order chi connectivity index (χ0) is 12.4. The van der Waals surface area contributed by atoms with Gasteiger partial charge in [-0.3, -0.25) is 0 Å². The molecule has 0 aromatic heterocycles. The minimum absolute atomic E-state index is 0.274. The zero-order valence-electron chi connectivity index (χ0n) is 10.3. The van der Waals surface area contributed by atoms with Crippen molar-refractivity contribution in [2.24, 2.45) is 11.8 Å². The first kappa shape index (κ1) is 12.8. The van der Waals surface area contributed by atoms with E-state index in [9.17, 15) is 4.39 Å². The highest BCUT2D eigenvalue weighted by Crippen LogP contribution is 2.39. The molecular weight excluding hydrogens is 237 g/mol. The molecule has 0 bridgehead atoms. The summed E-state index contributed by atoms with van der Waals surface area (Å²) in [4.78, 5) is 0. The molecule has 0 aliphatic heterocycles. The molecule has 0 amide bonds. The second-order valence-electron chi connectivity index (χ2n) is 5.01. The van der Waals surface area contributed by atoms with E-state index >= 15 is 0 Å². The molecule has 1 aromatic rings. The molecule has 1 saturated carbocycles. The summed E-state index contributed by atoms with van der Waals surface area (Å²) in [6.07, 6.45) is 3.46. The minimum Gasteiger partial charge on any atom is -0.316 e. The fourth-order valence-electron chi connectivity index (χ4n) is 2.44. The first-order valence-electron chi connectivity index (χ1n) is 6.23. The standard InChI is InChI=1S/C14H19ClFN/c1-9(10-6-7-10)13(17-2)8-11-4-3-5-12(16)14(11)15/h3-5,9-10,13,17H,6-8H2,1-2H3. The average Bonchev–Trinajstić information content (AvgIpc) is 3.14. The van der Waals surface area contributed by atoms with Crippen LogP contribution in [0.4, 0.5) is 4.39 Å². The predicted molar refractivity (Wildman–Crippen MR) is 69.8 cm³/mol. The maximum Gasteiger partial charge on any atom is 0.142 e. The lowest BCUT2D eigenvalue weighted by Crippen LogP contribution is -2.35. The van der Waals surface area contributed by atoms with Crippen molar-refractivity contribution < 1.29 is 4.39 Å². The number of benzene rings is 1. The molecule has 94 valence electrons. The van der Waals surface area contributed by atoms with E-state index in [2.05, 4.69) is 12.2 Å². The van der Waals surface area contributed by atoms with Crippen LogP contribution in [0.25, 0.3) is 0 Å². The van der Waals surface area contributed by atoms with E-state index in [0.717, 1.165) is 17.9 Å². The molecule has 0 spiro atoms. The molecule has 1 aromatic carbocycles. The molecule has 0 heterocycles. The molecule has 3 heteroatoms. The Morgan fingerprint density at radius 2 is 2.18 bits per heavy atom. The van der Waals surface area contributed by atoms with Crippen LogP contribution in [0.5, 0.6) is 0 Å². The summed E-state index contributed by atoms with van der Waals surface area (Å²) in [6, 6.07) is 5.42. The second kappa shape index (κ2) is 5.36. The van der Waals surface area contributed by atoms with Crippen molar-refractivity contribution >= 4 is 11.6 Å².